The zero-order valence-electron chi connectivity index (χ0n) is 19.3. The van der Waals surface area contributed by atoms with Crippen LogP contribution in [0.4, 0.5) is 0 Å². The number of rotatable bonds is 8. The number of ether oxygens (including phenoxy) is 5. The molecule has 0 bridgehead atoms. The predicted octanol–water partition coefficient (Wildman–Crippen LogP) is 0.734. The Bertz CT molecular complexity index is 896. The van der Waals surface area contributed by atoms with Crippen molar-refractivity contribution in [2.45, 2.75) is 64.9 Å². The minimum absolute atomic E-state index is 0.157. The van der Waals surface area contributed by atoms with E-state index >= 15 is 0 Å². The molecule has 1 aromatic rings. The summed E-state index contributed by atoms with van der Waals surface area (Å²) < 4.78 is 27.1. The molecule has 1 heterocycles. The number of hydrogen-bond acceptors (Lipinski definition) is 10. The zero-order valence-corrected chi connectivity index (χ0v) is 20.1. The van der Waals surface area contributed by atoms with Crippen LogP contribution in [-0.2, 0) is 49.4 Å². The summed E-state index contributed by atoms with van der Waals surface area (Å²) in [4.78, 5) is 46.8. The molecule has 11 nitrogen and oxygen atoms in total. The number of carbonyl (C=O) groups is 4. The Balaban J connectivity index is 2.29. The van der Waals surface area contributed by atoms with Gasteiger partial charge in [0.1, 0.15) is 12.7 Å². The second-order valence-corrected chi connectivity index (χ2v) is 7.84. The Hall–Kier alpha value is -3.25. The van der Waals surface area contributed by atoms with Gasteiger partial charge >= 0.3 is 23.9 Å². The standard InChI is InChI=1S/C22H28N2O9S/c1-12(25)29-11-17-18(30-13(2)26)19(31-14(3)27)20(32-15(4)28)21(33-17)24-22(34)23-10-16-8-6-5-7-9-16/h5-9,17-21H,10-11H2,1-4H3,(H2,23,24,34)/t17-,18-,19+,20+,21-/m0/s1. The summed E-state index contributed by atoms with van der Waals surface area (Å²) in [5.41, 5.74) is 0.966. The summed E-state index contributed by atoms with van der Waals surface area (Å²) in [6.07, 6.45) is -5.92. The number of benzene rings is 1. The smallest absolute Gasteiger partial charge is 0.303 e. The molecule has 2 N–H and O–H groups in total. The minimum atomic E-state index is -1.27. The van der Waals surface area contributed by atoms with Crippen LogP contribution in [0.1, 0.15) is 33.3 Å². The van der Waals surface area contributed by atoms with Crippen molar-refractivity contribution in [3.8, 4) is 0 Å². The molecule has 2 rings (SSSR count). The zero-order chi connectivity index (χ0) is 25.3. The van der Waals surface area contributed by atoms with E-state index in [0.29, 0.717) is 6.54 Å². The quantitative estimate of drug-likeness (QED) is 0.298. The molecule has 1 aliphatic rings. The van der Waals surface area contributed by atoms with Gasteiger partial charge in [-0.3, -0.25) is 19.2 Å². The van der Waals surface area contributed by atoms with Gasteiger partial charge in [0, 0.05) is 34.2 Å². The lowest BCUT2D eigenvalue weighted by atomic mass is 9.97. The fraction of sp³-hybridized carbons (Fsp3) is 0.500. The first-order valence-electron chi connectivity index (χ1n) is 10.5. The van der Waals surface area contributed by atoms with Crippen molar-refractivity contribution in [3.05, 3.63) is 35.9 Å². The van der Waals surface area contributed by atoms with Crippen LogP contribution in [0.2, 0.25) is 0 Å². The molecule has 0 aromatic heterocycles. The van der Waals surface area contributed by atoms with Crippen LogP contribution in [0, 0.1) is 0 Å². The molecule has 34 heavy (non-hydrogen) atoms. The Morgan fingerprint density at radius 3 is 1.97 bits per heavy atom. The second-order valence-electron chi connectivity index (χ2n) is 7.43. The molecule has 0 amide bonds. The second kappa shape index (κ2) is 12.8. The van der Waals surface area contributed by atoms with Crippen molar-refractivity contribution in [2.75, 3.05) is 6.61 Å². The lowest BCUT2D eigenvalue weighted by Crippen LogP contribution is -2.66. The van der Waals surface area contributed by atoms with E-state index in [-0.39, 0.29) is 11.7 Å². The van der Waals surface area contributed by atoms with Crippen molar-refractivity contribution in [3.63, 3.8) is 0 Å². The van der Waals surface area contributed by atoms with E-state index in [1.807, 2.05) is 30.3 Å². The van der Waals surface area contributed by atoms with Crippen molar-refractivity contribution in [2.24, 2.45) is 0 Å². The normalized spacial score (nSPS) is 23.7. The van der Waals surface area contributed by atoms with E-state index in [2.05, 4.69) is 10.6 Å². The maximum absolute atomic E-state index is 11.8. The fourth-order valence-corrected chi connectivity index (χ4v) is 3.49. The van der Waals surface area contributed by atoms with Crippen LogP contribution in [0.3, 0.4) is 0 Å². The van der Waals surface area contributed by atoms with E-state index < -0.39 is 54.5 Å². The molecule has 0 radical (unpaired) electrons. The molecule has 0 aliphatic carbocycles. The largest absolute Gasteiger partial charge is 0.463 e. The maximum Gasteiger partial charge on any atom is 0.303 e. The minimum Gasteiger partial charge on any atom is -0.463 e. The van der Waals surface area contributed by atoms with Crippen LogP contribution in [0.25, 0.3) is 0 Å². The van der Waals surface area contributed by atoms with Gasteiger partial charge in [-0.15, -0.1) is 0 Å². The molecule has 0 unspecified atom stereocenters. The molecule has 0 spiro atoms. The highest BCUT2D eigenvalue weighted by Crippen LogP contribution is 2.28. The summed E-state index contributed by atoms with van der Waals surface area (Å²) in [5.74, 6) is -2.70. The average Bonchev–Trinajstić information content (AvgIpc) is 2.75. The van der Waals surface area contributed by atoms with Crippen molar-refractivity contribution in [1.82, 2.24) is 10.6 Å². The molecule has 186 valence electrons. The predicted molar refractivity (Wildman–Crippen MR) is 121 cm³/mol. The summed E-state index contributed by atoms with van der Waals surface area (Å²) >= 11 is 5.35. The number of carbonyl (C=O) groups excluding carboxylic acids is 4. The average molecular weight is 497 g/mol. The van der Waals surface area contributed by atoms with E-state index in [1.165, 1.54) is 13.8 Å². The third-order valence-corrected chi connectivity index (χ3v) is 4.82. The number of esters is 4. The molecule has 12 heteroatoms. The van der Waals surface area contributed by atoms with E-state index in [9.17, 15) is 19.2 Å². The first-order valence-corrected chi connectivity index (χ1v) is 10.9. The molecule has 0 saturated carbocycles. The lowest BCUT2D eigenvalue weighted by molar-refractivity contribution is -0.254. The van der Waals surface area contributed by atoms with Gasteiger partial charge in [0.25, 0.3) is 0 Å². The van der Waals surface area contributed by atoms with Gasteiger partial charge in [-0.1, -0.05) is 30.3 Å². The number of thiocarbonyl (C=S) groups is 1. The highest BCUT2D eigenvalue weighted by Gasteiger charge is 2.52. The lowest BCUT2D eigenvalue weighted by Gasteiger charge is -2.44. The molecular weight excluding hydrogens is 468 g/mol. The summed E-state index contributed by atoms with van der Waals surface area (Å²) in [5, 5.41) is 6.05. The third-order valence-electron chi connectivity index (χ3n) is 4.56. The van der Waals surface area contributed by atoms with Gasteiger partial charge < -0.3 is 34.3 Å². The van der Waals surface area contributed by atoms with Gasteiger partial charge in [0.15, 0.2) is 29.7 Å². The molecule has 1 saturated heterocycles. The van der Waals surface area contributed by atoms with Gasteiger partial charge in [-0.25, -0.2) is 0 Å². The number of hydrogen-bond donors (Lipinski definition) is 2. The Labute approximate surface area is 202 Å². The SMILES string of the molecule is CC(=O)OC[C@@H]1O[C@H](NC(=S)NCc2ccccc2)[C@H](OC(C)=O)[C@H](OC(C)=O)[C@H]1OC(C)=O. The van der Waals surface area contributed by atoms with Gasteiger partial charge in [0.05, 0.1) is 0 Å². The third kappa shape index (κ3) is 8.60. The van der Waals surface area contributed by atoms with Crippen LogP contribution in [-0.4, -0.2) is 66.2 Å². The van der Waals surface area contributed by atoms with E-state index in [4.69, 9.17) is 35.9 Å². The Morgan fingerprint density at radius 1 is 0.853 bits per heavy atom. The highest BCUT2D eigenvalue weighted by atomic mass is 32.1. The summed E-state index contributed by atoms with van der Waals surface area (Å²) in [7, 11) is 0. The molecule has 1 aliphatic heterocycles. The van der Waals surface area contributed by atoms with Crippen LogP contribution < -0.4 is 10.6 Å². The van der Waals surface area contributed by atoms with Crippen molar-refractivity contribution >= 4 is 41.2 Å². The molecular formula is C22H28N2O9S. The molecule has 1 aromatic carbocycles. The topological polar surface area (TPSA) is 138 Å². The fourth-order valence-electron chi connectivity index (χ4n) is 3.30. The highest BCUT2D eigenvalue weighted by molar-refractivity contribution is 7.80. The van der Waals surface area contributed by atoms with Gasteiger partial charge in [0.2, 0.25) is 0 Å². The van der Waals surface area contributed by atoms with E-state index in [0.717, 1.165) is 19.4 Å². The van der Waals surface area contributed by atoms with Crippen molar-refractivity contribution < 1.29 is 42.9 Å². The van der Waals surface area contributed by atoms with Crippen molar-refractivity contribution in [1.29, 1.82) is 0 Å². The first-order chi connectivity index (χ1) is 16.1. The number of nitrogens with one attached hydrogen (secondary N) is 2. The van der Waals surface area contributed by atoms with Crippen LogP contribution >= 0.6 is 12.2 Å². The Morgan fingerprint density at radius 2 is 1.41 bits per heavy atom. The Kier molecular flexibility index (Phi) is 10.2. The molecule has 1 fully saturated rings. The monoisotopic (exact) mass is 496 g/mol. The van der Waals surface area contributed by atoms with E-state index in [1.54, 1.807) is 0 Å². The van der Waals surface area contributed by atoms with Crippen LogP contribution in [0.15, 0.2) is 30.3 Å². The van der Waals surface area contributed by atoms with Crippen LogP contribution in [0.5, 0.6) is 0 Å². The van der Waals surface area contributed by atoms with Gasteiger partial charge in [-0.2, -0.15) is 0 Å². The molecule has 5 atom stereocenters. The first kappa shape index (κ1) is 27.0. The van der Waals surface area contributed by atoms with Gasteiger partial charge in [-0.05, 0) is 17.8 Å². The summed E-state index contributed by atoms with van der Waals surface area (Å²) in [6.45, 7) is 4.76. The maximum atomic E-state index is 11.8. The summed E-state index contributed by atoms with van der Waals surface area (Å²) in [6, 6.07) is 9.46.